The predicted molar refractivity (Wildman–Crippen MR) is 207 cm³/mol. The molecule has 0 N–H and O–H groups in total. The Morgan fingerprint density at radius 2 is 1.08 bits per heavy atom. The molecule has 1 heterocycles. The number of rotatable bonds is 25. The van der Waals surface area contributed by atoms with Gasteiger partial charge in [0.1, 0.15) is 24.4 Å². The van der Waals surface area contributed by atoms with Crippen molar-refractivity contribution >= 4 is 16.1 Å². The van der Waals surface area contributed by atoms with Crippen molar-refractivity contribution in [2.75, 3.05) is 19.8 Å². The average molecular weight is 757 g/mol. The molecule has 0 aromatic heterocycles. The number of phosphoric ester groups is 1. The SMILES string of the molecule is CCCCOP(=O)(OCCCC)O[C@@H]1O[C@H](COCc2ccccc2)[C@@H](OCc2ccccc2)[C@H](OCc2ccccc2)[C@H]1O[Si](CC)(CC)CC. The molecule has 11 heteroatoms. The maximum atomic E-state index is 14.4. The first-order valence-corrected chi connectivity index (χ1v) is 23.2. The van der Waals surface area contributed by atoms with Crippen LogP contribution in [0.1, 0.15) is 77.0 Å². The average Bonchev–Trinajstić information content (AvgIpc) is 3.18. The van der Waals surface area contributed by atoms with E-state index in [0.717, 1.165) is 47.7 Å². The van der Waals surface area contributed by atoms with Gasteiger partial charge in [-0.05, 0) is 47.7 Å². The van der Waals surface area contributed by atoms with Crippen LogP contribution < -0.4 is 0 Å². The van der Waals surface area contributed by atoms with Gasteiger partial charge in [0.05, 0.1) is 39.6 Å². The summed E-state index contributed by atoms with van der Waals surface area (Å²) in [5.74, 6) is 0. The molecule has 0 saturated carbocycles. The van der Waals surface area contributed by atoms with Crippen molar-refractivity contribution in [3.63, 3.8) is 0 Å². The molecule has 288 valence electrons. The molecule has 3 aromatic rings. The predicted octanol–water partition coefficient (Wildman–Crippen LogP) is 10.2. The van der Waals surface area contributed by atoms with E-state index in [1.807, 2.05) is 91.0 Å². The summed E-state index contributed by atoms with van der Waals surface area (Å²) in [5.41, 5.74) is 3.06. The molecule has 0 amide bonds. The maximum absolute atomic E-state index is 14.4. The van der Waals surface area contributed by atoms with Gasteiger partial charge in [0, 0.05) is 0 Å². The minimum Gasteiger partial charge on any atom is -0.406 e. The van der Waals surface area contributed by atoms with Crippen LogP contribution in [0.4, 0.5) is 0 Å². The molecule has 4 rings (SSSR count). The molecule has 1 saturated heterocycles. The Kier molecular flexibility index (Phi) is 18.7. The largest absolute Gasteiger partial charge is 0.477 e. The van der Waals surface area contributed by atoms with Gasteiger partial charge < -0.3 is 23.4 Å². The third-order valence-corrected chi connectivity index (χ3v) is 15.7. The second-order valence-corrected chi connectivity index (χ2v) is 19.7. The van der Waals surface area contributed by atoms with Gasteiger partial charge in [-0.1, -0.05) is 138 Å². The van der Waals surface area contributed by atoms with Gasteiger partial charge in [0.15, 0.2) is 14.6 Å². The lowest BCUT2D eigenvalue weighted by Gasteiger charge is -2.48. The molecule has 1 fully saturated rings. The summed E-state index contributed by atoms with van der Waals surface area (Å²) in [4.78, 5) is 0. The normalized spacial score (nSPS) is 21.0. The van der Waals surface area contributed by atoms with Crippen molar-refractivity contribution in [1.82, 2.24) is 0 Å². The summed E-state index contributed by atoms with van der Waals surface area (Å²) >= 11 is 0. The van der Waals surface area contributed by atoms with Crippen molar-refractivity contribution < 1.29 is 41.5 Å². The lowest BCUT2D eigenvalue weighted by Crippen LogP contribution is -2.64. The molecule has 0 spiro atoms. The summed E-state index contributed by atoms with van der Waals surface area (Å²) < 4.78 is 66.8. The van der Waals surface area contributed by atoms with Crippen molar-refractivity contribution in [1.29, 1.82) is 0 Å². The molecule has 52 heavy (non-hydrogen) atoms. The Hall–Kier alpha value is -2.21. The fourth-order valence-electron chi connectivity index (χ4n) is 6.17. The highest BCUT2D eigenvalue weighted by molar-refractivity contribution is 7.48. The van der Waals surface area contributed by atoms with E-state index in [2.05, 4.69) is 34.6 Å². The van der Waals surface area contributed by atoms with Crippen LogP contribution >= 0.6 is 7.82 Å². The smallest absolute Gasteiger partial charge is 0.406 e. The molecule has 1 aliphatic heterocycles. The van der Waals surface area contributed by atoms with E-state index in [1.54, 1.807) is 0 Å². The summed E-state index contributed by atoms with van der Waals surface area (Å²) in [6, 6.07) is 32.7. The van der Waals surface area contributed by atoms with Gasteiger partial charge >= 0.3 is 7.82 Å². The van der Waals surface area contributed by atoms with Gasteiger partial charge in [-0.2, -0.15) is 0 Å². The highest BCUT2D eigenvalue weighted by Crippen LogP contribution is 2.53. The van der Waals surface area contributed by atoms with Gasteiger partial charge in [-0.3, -0.25) is 13.6 Å². The number of hydrogen-bond donors (Lipinski definition) is 0. The Bertz CT molecular complexity index is 1390. The molecule has 5 atom stereocenters. The van der Waals surface area contributed by atoms with E-state index in [0.29, 0.717) is 32.7 Å². The molecular weight excluding hydrogens is 696 g/mol. The molecule has 0 bridgehead atoms. The summed E-state index contributed by atoms with van der Waals surface area (Å²) in [6.07, 6.45) is -0.744. The van der Waals surface area contributed by atoms with Crippen molar-refractivity contribution in [3.8, 4) is 0 Å². The van der Waals surface area contributed by atoms with Crippen LogP contribution in [-0.4, -0.2) is 58.8 Å². The van der Waals surface area contributed by atoms with E-state index in [1.165, 1.54) is 0 Å². The van der Waals surface area contributed by atoms with E-state index >= 15 is 0 Å². The first-order valence-electron chi connectivity index (χ1n) is 19.2. The Balaban J connectivity index is 1.76. The fraction of sp³-hybridized carbons (Fsp3) is 0.561. The number of benzene rings is 3. The van der Waals surface area contributed by atoms with Gasteiger partial charge in [-0.15, -0.1) is 0 Å². The topological polar surface area (TPSA) is 90.9 Å². The second-order valence-electron chi connectivity index (χ2n) is 13.3. The highest BCUT2D eigenvalue weighted by Gasteiger charge is 2.53. The fourth-order valence-corrected chi connectivity index (χ4v) is 10.3. The van der Waals surface area contributed by atoms with E-state index in [4.69, 9.17) is 36.9 Å². The maximum Gasteiger partial charge on any atom is 0.477 e. The summed E-state index contributed by atoms with van der Waals surface area (Å²) in [5, 5.41) is 0. The summed E-state index contributed by atoms with van der Waals surface area (Å²) in [6.45, 7) is 12.3. The van der Waals surface area contributed by atoms with Crippen LogP contribution in [-0.2, 0) is 61.3 Å². The van der Waals surface area contributed by atoms with E-state index in [9.17, 15) is 4.57 Å². The highest BCUT2D eigenvalue weighted by atomic mass is 31.2. The molecule has 0 aliphatic carbocycles. The quantitative estimate of drug-likeness (QED) is 0.0476. The van der Waals surface area contributed by atoms with Crippen LogP contribution in [0.25, 0.3) is 0 Å². The zero-order chi connectivity index (χ0) is 37.1. The minimum absolute atomic E-state index is 0.168. The van der Waals surface area contributed by atoms with Crippen LogP contribution in [0.2, 0.25) is 18.1 Å². The zero-order valence-electron chi connectivity index (χ0n) is 31.9. The van der Waals surface area contributed by atoms with Crippen LogP contribution in [0.15, 0.2) is 91.0 Å². The number of unbranched alkanes of at least 4 members (excludes halogenated alkanes) is 2. The molecule has 9 nitrogen and oxygen atoms in total. The molecule has 0 unspecified atom stereocenters. The summed E-state index contributed by atoms with van der Waals surface area (Å²) in [7, 11) is -6.43. The van der Waals surface area contributed by atoms with Crippen LogP contribution in [0.3, 0.4) is 0 Å². The minimum atomic E-state index is -4.09. The Morgan fingerprint density at radius 1 is 0.615 bits per heavy atom. The van der Waals surface area contributed by atoms with Crippen LogP contribution in [0.5, 0.6) is 0 Å². The lowest BCUT2D eigenvalue weighted by molar-refractivity contribution is -0.299. The number of phosphoric acid groups is 1. The number of hydrogen-bond acceptors (Lipinski definition) is 9. The third kappa shape index (κ3) is 13.3. The second kappa shape index (κ2) is 22.9. The molecular formula is C41H61O9PSi. The monoisotopic (exact) mass is 756 g/mol. The van der Waals surface area contributed by atoms with Gasteiger partial charge in [0.2, 0.25) is 0 Å². The first kappa shape index (κ1) is 42.5. The van der Waals surface area contributed by atoms with E-state index in [-0.39, 0.29) is 19.8 Å². The molecule has 1 aliphatic rings. The molecule has 3 aromatic carbocycles. The Labute approximate surface area is 313 Å². The lowest BCUT2D eigenvalue weighted by atomic mass is 9.98. The third-order valence-electron chi connectivity index (χ3n) is 9.60. The van der Waals surface area contributed by atoms with Gasteiger partial charge in [-0.25, -0.2) is 4.57 Å². The van der Waals surface area contributed by atoms with Crippen molar-refractivity contribution in [3.05, 3.63) is 108 Å². The van der Waals surface area contributed by atoms with E-state index < -0.39 is 46.8 Å². The Morgan fingerprint density at radius 3 is 1.54 bits per heavy atom. The zero-order valence-corrected chi connectivity index (χ0v) is 33.8. The first-order chi connectivity index (χ1) is 25.4. The van der Waals surface area contributed by atoms with Gasteiger partial charge in [0.25, 0.3) is 0 Å². The van der Waals surface area contributed by atoms with Crippen LogP contribution in [0, 0.1) is 0 Å². The number of ether oxygens (including phenoxy) is 4. The molecule has 0 radical (unpaired) electrons. The standard InChI is InChI=1S/C41H61O9PSi/c1-6-11-28-46-51(42,47-29-12-7-2)49-41-40(50-52(8-3,9-4)10-5)39(45-32-36-26-20-15-21-27-36)38(44-31-35-24-18-14-19-25-35)37(48-41)33-43-30-34-22-16-13-17-23-34/h13-27,37-41H,6-12,28-33H2,1-5H3/t37-,38-,39+,40-,41+/m1/s1. The van der Waals surface area contributed by atoms with Crippen molar-refractivity contribution in [2.45, 2.75) is 129 Å². The van der Waals surface area contributed by atoms with Crippen molar-refractivity contribution in [2.24, 2.45) is 0 Å².